The van der Waals surface area contributed by atoms with Crippen molar-refractivity contribution in [2.24, 2.45) is 16.7 Å². The van der Waals surface area contributed by atoms with E-state index in [1.807, 2.05) is 0 Å². The molecule has 2 saturated carbocycles. The van der Waals surface area contributed by atoms with Crippen molar-refractivity contribution in [2.45, 2.75) is 33.6 Å². The first-order valence-electron chi connectivity index (χ1n) is 6.01. The van der Waals surface area contributed by atoms with Gasteiger partial charge in [0, 0.05) is 5.92 Å². The summed E-state index contributed by atoms with van der Waals surface area (Å²) in [5.41, 5.74) is -2.09. The third kappa shape index (κ3) is 1.15. The summed E-state index contributed by atoms with van der Waals surface area (Å²) in [5, 5.41) is 0. The summed E-state index contributed by atoms with van der Waals surface area (Å²) in [6, 6.07) is 0. The SMILES string of the molecule is C=C(C)C(=O)C(=O)C12CCC(C(=O)C1=O)C2(C)C. The molecule has 0 N–H and O–H groups in total. The quantitative estimate of drug-likeness (QED) is 0.428. The Hall–Kier alpha value is -1.58. The van der Waals surface area contributed by atoms with Crippen LogP contribution in [0.4, 0.5) is 0 Å². The van der Waals surface area contributed by atoms with Crippen LogP contribution in [0.25, 0.3) is 0 Å². The highest BCUT2D eigenvalue weighted by molar-refractivity contribution is 6.57. The molecule has 2 fully saturated rings. The first-order valence-corrected chi connectivity index (χ1v) is 6.01. The second kappa shape index (κ2) is 3.46. The molecule has 0 saturated heterocycles. The number of carbonyl (C=O) groups excluding carboxylic acids is 4. The zero-order chi connectivity index (χ0) is 13.9. The smallest absolute Gasteiger partial charge is 0.224 e. The molecule has 0 aliphatic heterocycles. The first kappa shape index (κ1) is 12.9. The van der Waals surface area contributed by atoms with Crippen LogP contribution in [0.5, 0.6) is 0 Å². The molecular weight excluding hydrogens is 232 g/mol. The van der Waals surface area contributed by atoms with E-state index in [0.29, 0.717) is 12.8 Å². The molecule has 4 heteroatoms. The van der Waals surface area contributed by atoms with E-state index >= 15 is 0 Å². The second-order valence-electron chi connectivity index (χ2n) is 5.85. The van der Waals surface area contributed by atoms with Crippen molar-refractivity contribution in [1.29, 1.82) is 0 Å². The van der Waals surface area contributed by atoms with Gasteiger partial charge in [0.2, 0.25) is 23.1 Å². The van der Waals surface area contributed by atoms with E-state index in [1.54, 1.807) is 13.8 Å². The molecule has 96 valence electrons. The summed E-state index contributed by atoms with van der Waals surface area (Å²) >= 11 is 0. The summed E-state index contributed by atoms with van der Waals surface area (Å²) in [6.45, 7) is 8.36. The highest BCUT2D eigenvalue weighted by Crippen LogP contribution is 2.62. The van der Waals surface area contributed by atoms with Crippen LogP contribution in [0.15, 0.2) is 12.2 Å². The van der Waals surface area contributed by atoms with Crippen LogP contribution >= 0.6 is 0 Å². The number of rotatable bonds is 3. The van der Waals surface area contributed by atoms with E-state index in [0.717, 1.165) is 0 Å². The van der Waals surface area contributed by atoms with Gasteiger partial charge in [0.25, 0.3) is 0 Å². The summed E-state index contributed by atoms with van der Waals surface area (Å²) in [5.74, 6) is -3.07. The molecule has 0 aromatic heterocycles. The van der Waals surface area contributed by atoms with E-state index in [9.17, 15) is 19.2 Å². The maximum Gasteiger partial charge on any atom is 0.224 e. The number of Topliss-reactive ketones (excluding diaryl/α,β-unsaturated/α-hetero) is 4. The van der Waals surface area contributed by atoms with Crippen molar-refractivity contribution >= 4 is 23.1 Å². The summed E-state index contributed by atoms with van der Waals surface area (Å²) in [6.07, 6.45) is 0.805. The Morgan fingerprint density at radius 3 is 2.22 bits per heavy atom. The van der Waals surface area contributed by atoms with Gasteiger partial charge in [-0.15, -0.1) is 0 Å². The van der Waals surface area contributed by atoms with Gasteiger partial charge >= 0.3 is 0 Å². The fourth-order valence-electron chi connectivity index (χ4n) is 3.47. The molecule has 18 heavy (non-hydrogen) atoms. The Morgan fingerprint density at radius 2 is 1.83 bits per heavy atom. The highest BCUT2D eigenvalue weighted by Gasteiger charge is 2.73. The predicted octanol–water partition coefficient (Wildman–Crippen LogP) is 1.28. The van der Waals surface area contributed by atoms with E-state index in [1.165, 1.54) is 6.92 Å². The number of hydrogen-bond acceptors (Lipinski definition) is 4. The van der Waals surface area contributed by atoms with Crippen LogP contribution in [-0.4, -0.2) is 23.1 Å². The summed E-state index contributed by atoms with van der Waals surface area (Å²) < 4.78 is 0. The van der Waals surface area contributed by atoms with Crippen molar-refractivity contribution in [3.8, 4) is 0 Å². The maximum atomic E-state index is 12.4. The van der Waals surface area contributed by atoms with Gasteiger partial charge in [0.15, 0.2) is 0 Å². The third-order valence-corrected chi connectivity index (χ3v) is 4.69. The number of hydrogen-bond donors (Lipinski definition) is 0. The van der Waals surface area contributed by atoms with Gasteiger partial charge in [-0.3, -0.25) is 19.2 Å². The van der Waals surface area contributed by atoms with Gasteiger partial charge in [0.1, 0.15) is 5.41 Å². The zero-order valence-corrected chi connectivity index (χ0v) is 10.8. The van der Waals surface area contributed by atoms with Gasteiger partial charge in [-0.05, 0) is 30.8 Å². The van der Waals surface area contributed by atoms with Crippen molar-refractivity contribution < 1.29 is 19.2 Å². The summed E-state index contributed by atoms with van der Waals surface area (Å²) in [4.78, 5) is 48.2. The van der Waals surface area contributed by atoms with Crippen LogP contribution in [0.3, 0.4) is 0 Å². The van der Waals surface area contributed by atoms with Gasteiger partial charge in [-0.1, -0.05) is 20.4 Å². The molecule has 0 radical (unpaired) electrons. The average molecular weight is 248 g/mol. The molecule has 0 amide bonds. The minimum atomic E-state index is -1.44. The molecule has 2 unspecified atom stereocenters. The molecule has 0 heterocycles. The Bertz CT molecular complexity index is 512. The van der Waals surface area contributed by atoms with E-state index in [2.05, 4.69) is 6.58 Å². The molecule has 0 aromatic carbocycles. The lowest BCUT2D eigenvalue weighted by molar-refractivity contribution is -0.151. The van der Waals surface area contributed by atoms with Crippen molar-refractivity contribution in [2.75, 3.05) is 0 Å². The lowest BCUT2D eigenvalue weighted by Crippen LogP contribution is -2.47. The molecule has 2 aliphatic carbocycles. The topological polar surface area (TPSA) is 68.3 Å². The maximum absolute atomic E-state index is 12.4. The first-order chi connectivity index (χ1) is 8.18. The van der Waals surface area contributed by atoms with Crippen LogP contribution < -0.4 is 0 Å². The molecule has 2 bridgehead atoms. The Balaban J connectivity index is 2.57. The normalized spacial score (nSPS) is 32.7. The molecule has 0 spiro atoms. The van der Waals surface area contributed by atoms with Crippen LogP contribution in [0.2, 0.25) is 0 Å². The zero-order valence-electron chi connectivity index (χ0n) is 10.8. The van der Waals surface area contributed by atoms with Crippen LogP contribution in [0.1, 0.15) is 33.6 Å². The Kier molecular flexibility index (Phi) is 2.48. The number of carbonyl (C=O) groups is 4. The van der Waals surface area contributed by atoms with Crippen molar-refractivity contribution in [1.82, 2.24) is 0 Å². The number of fused-ring (bicyclic) bond motifs is 2. The molecule has 2 aliphatic rings. The Morgan fingerprint density at radius 1 is 1.28 bits per heavy atom. The fraction of sp³-hybridized carbons (Fsp3) is 0.571. The predicted molar refractivity (Wildman–Crippen MR) is 63.8 cm³/mol. The minimum absolute atomic E-state index is 0.112. The minimum Gasteiger partial charge on any atom is -0.291 e. The van der Waals surface area contributed by atoms with E-state index in [4.69, 9.17) is 0 Å². The standard InChI is InChI=1S/C14H16O4/c1-7(2)9(15)11(17)14-6-5-8(13(14,3)4)10(16)12(14)18/h8H,1,5-6H2,2-4H3. The fourth-order valence-corrected chi connectivity index (χ4v) is 3.47. The summed E-state index contributed by atoms with van der Waals surface area (Å²) in [7, 11) is 0. The van der Waals surface area contributed by atoms with Gasteiger partial charge < -0.3 is 0 Å². The molecular formula is C14H16O4. The molecule has 4 nitrogen and oxygen atoms in total. The van der Waals surface area contributed by atoms with Crippen molar-refractivity contribution in [3.63, 3.8) is 0 Å². The number of allylic oxidation sites excluding steroid dienone is 1. The third-order valence-electron chi connectivity index (χ3n) is 4.69. The van der Waals surface area contributed by atoms with Gasteiger partial charge in [-0.25, -0.2) is 0 Å². The number of ketones is 4. The van der Waals surface area contributed by atoms with Gasteiger partial charge in [0.05, 0.1) is 0 Å². The largest absolute Gasteiger partial charge is 0.291 e. The second-order valence-corrected chi connectivity index (χ2v) is 5.85. The molecule has 0 aromatic rings. The van der Waals surface area contributed by atoms with E-state index < -0.39 is 39.9 Å². The van der Waals surface area contributed by atoms with Crippen LogP contribution in [-0.2, 0) is 19.2 Å². The molecule has 2 atom stereocenters. The lowest BCUT2D eigenvalue weighted by atomic mass is 9.65. The average Bonchev–Trinajstić information content (AvgIpc) is 2.63. The van der Waals surface area contributed by atoms with E-state index in [-0.39, 0.29) is 5.57 Å². The molecule has 2 rings (SSSR count). The Labute approximate surface area is 105 Å². The monoisotopic (exact) mass is 248 g/mol. The van der Waals surface area contributed by atoms with Crippen molar-refractivity contribution in [3.05, 3.63) is 12.2 Å². The van der Waals surface area contributed by atoms with Gasteiger partial charge in [-0.2, -0.15) is 0 Å². The lowest BCUT2D eigenvalue weighted by Gasteiger charge is -2.33. The highest BCUT2D eigenvalue weighted by atomic mass is 16.2. The van der Waals surface area contributed by atoms with Crippen LogP contribution in [0, 0.1) is 16.7 Å².